The smallest absolute Gasteiger partial charge is 0.151 e. The Morgan fingerprint density at radius 1 is 1.28 bits per heavy atom. The van der Waals surface area contributed by atoms with Crippen molar-refractivity contribution in [1.82, 2.24) is 4.90 Å². The van der Waals surface area contributed by atoms with E-state index in [0.717, 1.165) is 0 Å². The maximum atomic E-state index is 13.6. The molecule has 0 radical (unpaired) electrons. The zero-order valence-corrected chi connectivity index (χ0v) is 10.9. The largest absolute Gasteiger partial charge is 0.398 e. The molecule has 2 rings (SSSR count). The number of sulfone groups is 1. The van der Waals surface area contributed by atoms with Gasteiger partial charge in [0.25, 0.3) is 0 Å². The standard InChI is InChI=1S/C12H17FN2O2S/c13-11-3-1-4-12(14)10(11)9-15-5-2-7-18(16,17)8-6-15/h1,3-4H,2,5-9,14H2. The van der Waals surface area contributed by atoms with Crippen LogP contribution in [0.3, 0.4) is 0 Å². The first-order valence-electron chi connectivity index (χ1n) is 5.93. The van der Waals surface area contributed by atoms with Gasteiger partial charge in [-0.05, 0) is 25.1 Å². The first kappa shape index (κ1) is 13.3. The minimum absolute atomic E-state index is 0.140. The number of anilines is 1. The highest BCUT2D eigenvalue weighted by Crippen LogP contribution is 2.19. The molecular formula is C12H17FN2O2S. The molecule has 1 aliphatic rings. The van der Waals surface area contributed by atoms with Gasteiger partial charge in [0.15, 0.2) is 9.84 Å². The zero-order chi connectivity index (χ0) is 13.2. The van der Waals surface area contributed by atoms with Crippen molar-refractivity contribution in [3.8, 4) is 0 Å². The fourth-order valence-electron chi connectivity index (χ4n) is 2.11. The normalized spacial score (nSPS) is 20.5. The second kappa shape index (κ2) is 5.24. The fourth-order valence-corrected chi connectivity index (χ4v) is 3.42. The minimum Gasteiger partial charge on any atom is -0.398 e. The van der Waals surface area contributed by atoms with Crippen molar-refractivity contribution in [2.75, 3.05) is 30.3 Å². The van der Waals surface area contributed by atoms with Crippen molar-refractivity contribution in [1.29, 1.82) is 0 Å². The lowest BCUT2D eigenvalue weighted by Gasteiger charge is -2.20. The van der Waals surface area contributed by atoms with Gasteiger partial charge >= 0.3 is 0 Å². The SMILES string of the molecule is Nc1cccc(F)c1CN1CCCS(=O)(=O)CC1. The Morgan fingerprint density at radius 2 is 2.06 bits per heavy atom. The Hall–Kier alpha value is -1.14. The van der Waals surface area contributed by atoms with Crippen LogP contribution < -0.4 is 5.73 Å². The molecule has 0 atom stereocenters. The highest BCUT2D eigenvalue weighted by molar-refractivity contribution is 7.91. The van der Waals surface area contributed by atoms with Crippen LogP contribution in [0.4, 0.5) is 10.1 Å². The number of rotatable bonds is 2. The summed E-state index contributed by atoms with van der Waals surface area (Å²) in [5.41, 5.74) is 6.62. The molecular weight excluding hydrogens is 255 g/mol. The van der Waals surface area contributed by atoms with E-state index >= 15 is 0 Å². The van der Waals surface area contributed by atoms with E-state index in [1.807, 2.05) is 4.90 Å². The molecule has 1 saturated heterocycles. The Labute approximate surface area is 107 Å². The molecule has 0 unspecified atom stereocenters. The summed E-state index contributed by atoms with van der Waals surface area (Å²) in [5, 5.41) is 0. The lowest BCUT2D eigenvalue weighted by Crippen LogP contribution is -2.27. The summed E-state index contributed by atoms with van der Waals surface area (Å²) in [4.78, 5) is 1.94. The third-order valence-corrected chi connectivity index (χ3v) is 4.90. The number of hydrogen-bond acceptors (Lipinski definition) is 4. The zero-order valence-electron chi connectivity index (χ0n) is 10.1. The van der Waals surface area contributed by atoms with Gasteiger partial charge in [0, 0.05) is 24.3 Å². The number of nitrogen functional groups attached to an aromatic ring is 1. The van der Waals surface area contributed by atoms with Crippen LogP contribution in [0.5, 0.6) is 0 Å². The number of nitrogens with zero attached hydrogens (tertiary/aromatic N) is 1. The summed E-state index contributed by atoms with van der Waals surface area (Å²) in [5.74, 6) is 0.0274. The van der Waals surface area contributed by atoms with Crippen molar-refractivity contribution in [2.45, 2.75) is 13.0 Å². The average Bonchev–Trinajstić information content (AvgIpc) is 2.46. The summed E-state index contributed by atoms with van der Waals surface area (Å²) >= 11 is 0. The second-order valence-electron chi connectivity index (χ2n) is 4.59. The number of nitrogens with two attached hydrogens (primary N) is 1. The predicted molar refractivity (Wildman–Crippen MR) is 69.4 cm³/mol. The van der Waals surface area contributed by atoms with Gasteiger partial charge < -0.3 is 5.73 Å². The monoisotopic (exact) mass is 272 g/mol. The average molecular weight is 272 g/mol. The van der Waals surface area contributed by atoms with Gasteiger partial charge in [0.05, 0.1) is 11.5 Å². The van der Waals surface area contributed by atoms with Crippen molar-refractivity contribution < 1.29 is 12.8 Å². The molecule has 1 aromatic rings. The third kappa shape index (κ3) is 3.20. The van der Waals surface area contributed by atoms with E-state index in [4.69, 9.17) is 5.73 Å². The molecule has 0 amide bonds. The summed E-state index contributed by atoms with van der Waals surface area (Å²) in [6.07, 6.45) is 0.594. The first-order valence-corrected chi connectivity index (χ1v) is 7.76. The molecule has 0 bridgehead atoms. The van der Waals surface area contributed by atoms with Crippen LogP contribution >= 0.6 is 0 Å². The van der Waals surface area contributed by atoms with Gasteiger partial charge in [-0.1, -0.05) is 6.07 Å². The number of benzene rings is 1. The molecule has 1 aliphatic heterocycles. The molecule has 18 heavy (non-hydrogen) atoms. The molecule has 0 saturated carbocycles. The van der Waals surface area contributed by atoms with Crippen LogP contribution in [0.25, 0.3) is 0 Å². The Balaban J connectivity index is 2.10. The van der Waals surface area contributed by atoms with E-state index in [1.165, 1.54) is 6.07 Å². The maximum Gasteiger partial charge on any atom is 0.151 e. The fraction of sp³-hybridized carbons (Fsp3) is 0.500. The van der Waals surface area contributed by atoms with Crippen molar-refractivity contribution in [3.05, 3.63) is 29.6 Å². The molecule has 1 heterocycles. The van der Waals surface area contributed by atoms with Gasteiger partial charge in [-0.25, -0.2) is 12.8 Å². The molecule has 0 spiro atoms. The Bertz CT molecular complexity index is 511. The maximum absolute atomic E-state index is 13.6. The lowest BCUT2D eigenvalue weighted by molar-refractivity contribution is 0.283. The minimum atomic E-state index is -2.93. The van der Waals surface area contributed by atoms with E-state index in [0.29, 0.717) is 37.3 Å². The first-order chi connectivity index (χ1) is 8.48. The third-order valence-electron chi connectivity index (χ3n) is 3.19. The van der Waals surface area contributed by atoms with Crippen LogP contribution in [-0.2, 0) is 16.4 Å². The lowest BCUT2D eigenvalue weighted by atomic mass is 10.1. The molecule has 6 heteroatoms. The molecule has 1 aromatic carbocycles. The van der Waals surface area contributed by atoms with Gasteiger partial charge in [-0.3, -0.25) is 4.90 Å². The van der Waals surface area contributed by atoms with Gasteiger partial charge in [0.2, 0.25) is 0 Å². The quantitative estimate of drug-likeness (QED) is 0.817. The topological polar surface area (TPSA) is 63.4 Å². The summed E-state index contributed by atoms with van der Waals surface area (Å²) in [7, 11) is -2.93. The molecule has 4 nitrogen and oxygen atoms in total. The van der Waals surface area contributed by atoms with Crippen LogP contribution in [0.1, 0.15) is 12.0 Å². The van der Waals surface area contributed by atoms with E-state index < -0.39 is 9.84 Å². The molecule has 1 fully saturated rings. The second-order valence-corrected chi connectivity index (χ2v) is 6.89. The van der Waals surface area contributed by atoms with Crippen molar-refractivity contribution in [3.63, 3.8) is 0 Å². The summed E-state index contributed by atoms with van der Waals surface area (Å²) < 4.78 is 36.6. The van der Waals surface area contributed by atoms with Crippen molar-refractivity contribution >= 4 is 15.5 Å². The molecule has 100 valence electrons. The van der Waals surface area contributed by atoms with Crippen LogP contribution in [-0.4, -0.2) is 37.9 Å². The van der Waals surface area contributed by atoms with E-state index in [2.05, 4.69) is 0 Å². The number of hydrogen-bond donors (Lipinski definition) is 1. The van der Waals surface area contributed by atoms with E-state index in [-0.39, 0.29) is 17.3 Å². The summed E-state index contributed by atoms with van der Waals surface area (Å²) in [6.45, 7) is 1.47. The highest BCUT2D eigenvalue weighted by atomic mass is 32.2. The van der Waals surface area contributed by atoms with Gasteiger partial charge in [-0.2, -0.15) is 0 Å². The molecule has 2 N–H and O–H groups in total. The van der Waals surface area contributed by atoms with E-state index in [9.17, 15) is 12.8 Å². The van der Waals surface area contributed by atoms with Crippen molar-refractivity contribution in [2.24, 2.45) is 0 Å². The summed E-state index contributed by atoms with van der Waals surface area (Å²) in [6, 6.07) is 4.61. The Morgan fingerprint density at radius 3 is 2.78 bits per heavy atom. The molecule has 0 aromatic heterocycles. The van der Waals surface area contributed by atoms with Crippen LogP contribution in [0, 0.1) is 5.82 Å². The van der Waals surface area contributed by atoms with Crippen LogP contribution in [0.15, 0.2) is 18.2 Å². The molecule has 0 aliphatic carbocycles. The van der Waals surface area contributed by atoms with Crippen LogP contribution in [0.2, 0.25) is 0 Å². The predicted octanol–water partition coefficient (Wildman–Crippen LogP) is 1.03. The highest BCUT2D eigenvalue weighted by Gasteiger charge is 2.20. The number of halogens is 1. The van der Waals surface area contributed by atoms with Gasteiger partial charge in [-0.15, -0.1) is 0 Å². The van der Waals surface area contributed by atoms with E-state index in [1.54, 1.807) is 12.1 Å². The Kier molecular flexibility index (Phi) is 3.87. The van der Waals surface area contributed by atoms with Gasteiger partial charge in [0.1, 0.15) is 5.82 Å².